The summed E-state index contributed by atoms with van der Waals surface area (Å²) < 4.78 is 0. The van der Waals surface area contributed by atoms with Gasteiger partial charge in [-0.25, -0.2) is 0 Å². The van der Waals surface area contributed by atoms with E-state index < -0.39 is 0 Å². The van der Waals surface area contributed by atoms with E-state index in [1.165, 1.54) is 88.4 Å². The quantitative estimate of drug-likeness (QED) is 0.611. The van der Waals surface area contributed by atoms with E-state index in [1.807, 2.05) is 0 Å². The first-order valence-electron chi connectivity index (χ1n) is 8.09. The van der Waals surface area contributed by atoms with Crippen molar-refractivity contribution < 1.29 is 0 Å². The molecule has 3 rings (SSSR count). The zero-order valence-corrected chi connectivity index (χ0v) is 11.6. The van der Waals surface area contributed by atoms with E-state index in [2.05, 4.69) is 6.08 Å². The van der Waals surface area contributed by atoms with Crippen LogP contribution in [0, 0.1) is 5.92 Å². The first-order valence-corrected chi connectivity index (χ1v) is 8.09. The molecule has 1 saturated carbocycles. The molecule has 1 nitrogen and oxygen atoms in total. The van der Waals surface area contributed by atoms with Crippen molar-refractivity contribution in [3.8, 4) is 0 Å². The average Bonchev–Trinajstić information content (AvgIpc) is 2.87. The standard InChI is InChI=1S/C17H26N/c1-2-4-6-10-14(9-5-3-1)17-13-15-11-7-8-12-16(15)18-17/h13-14H,1-12H2. The minimum atomic E-state index is 0.772. The van der Waals surface area contributed by atoms with Gasteiger partial charge in [-0.1, -0.05) is 38.5 Å². The smallest absolute Gasteiger partial charge is 0.0441 e. The lowest BCUT2D eigenvalue weighted by Crippen LogP contribution is -2.12. The van der Waals surface area contributed by atoms with Crippen molar-refractivity contribution in [3.05, 3.63) is 23.0 Å². The molecule has 0 amide bonds. The van der Waals surface area contributed by atoms with Crippen molar-refractivity contribution in [2.24, 2.45) is 5.92 Å². The minimum absolute atomic E-state index is 0.772. The van der Waals surface area contributed by atoms with Crippen LogP contribution in [0.15, 0.2) is 23.0 Å². The van der Waals surface area contributed by atoms with Gasteiger partial charge < -0.3 is 0 Å². The van der Waals surface area contributed by atoms with Gasteiger partial charge in [0, 0.05) is 17.3 Å². The highest BCUT2D eigenvalue weighted by Crippen LogP contribution is 2.36. The summed E-state index contributed by atoms with van der Waals surface area (Å²) in [5.41, 5.74) is 4.47. The van der Waals surface area contributed by atoms with E-state index in [-0.39, 0.29) is 0 Å². The lowest BCUT2D eigenvalue weighted by molar-refractivity contribution is 0.467. The van der Waals surface area contributed by atoms with Crippen molar-refractivity contribution in [1.29, 1.82) is 0 Å². The van der Waals surface area contributed by atoms with E-state index >= 15 is 0 Å². The number of allylic oxidation sites excluding steroid dienone is 4. The van der Waals surface area contributed by atoms with E-state index in [9.17, 15) is 0 Å². The fourth-order valence-electron chi connectivity index (χ4n) is 3.70. The van der Waals surface area contributed by atoms with Crippen LogP contribution in [0.4, 0.5) is 0 Å². The first kappa shape index (κ1) is 12.3. The third-order valence-electron chi connectivity index (χ3n) is 4.84. The first-order chi connectivity index (χ1) is 8.93. The van der Waals surface area contributed by atoms with Crippen LogP contribution in [0.2, 0.25) is 0 Å². The Kier molecular flexibility index (Phi) is 4.07. The Balaban J connectivity index is 1.63. The topological polar surface area (TPSA) is 14.1 Å². The highest BCUT2D eigenvalue weighted by Gasteiger charge is 2.25. The highest BCUT2D eigenvalue weighted by atomic mass is 14.9. The fourth-order valence-corrected chi connectivity index (χ4v) is 3.70. The van der Waals surface area contributed by atoms with Crippen molar-refractivity contribution in [1.82, 2.24) is 5.32 Å². The van der Waals surface area contributed by atoms with Gasteiger partial charge in [0.2, 0.25) is 0 Å². The van der Waals surface area contributed by atoms with Gasteiger partial charge in [-0.15, -0.1) is 0 Å². The normalized spacial score (nSPS) is 26.8. The van der Waals surface area contributed by atoms with Crippen LogP contribution in [0.1, 0.15) is 77.0 Å². The maximum absolute atomic E-state index is 4.98. The number of nitrogens with zero attached hydrogens (tertiary/aromatic N) is 1. The van der Waals surface area contributed by atoms with Crippen LogP contribution in [-0.2, 0) is 0 Å². The molecule has 99 valence electrons. The summed E-state index contributed by atoms with van der Waals surface area (Å²) >= 11 is 0. The second-order valence-electron chi connectivity index (χ2n) is 6.26. The van der Waals surface area contributed by atoms with Crippen LogP contribution < -0.4 is 5.32 Å². The summed E-state index contributed by atoms with van der Waals surface area (Å²) in [6.45, 7) is 0. The maximum Gasteiger partial charge on any atom is 0.0441 e. The number of rotatable bonds is 1. The van der Waals surface area contributed by atoms with Crippen LogP contribution >= 0.6 is 0 Å². The van der Waals surface area contributed by atoms with Crippen LogP contribution in [-0.4, -0.2) is 0 Å². The zero-order chi connectivity index (χ0) is 12.2. The van der Waals surface area contributed by atoms with E-state index in [1.54, 1.807) is 5.57 Å². The second-order valence-corrected chi connectivity index (χ2v) is 6.26. The predicted molar refractivity (Wildman–Crippen MR) is 76.1 cm³/mol. The van der Waals surface area contributed by atoms with Gasteiger partial charge in [-0.3, -0.25) is 5.32 Å². The number of hydrogen-bond donors (Lipinski definition) is 0. The molecule has 1 heterocycles. The third-order valence-corrected chi connectivity index (χ3v) is 4.84. The summed E-state index contributed by atoms with van der Waals surface area (Å²) in [4.78, 5) is 0. The molecular formula is C17H26N. The molecule has 0 spiro atoms. The Hall–Kier alpha value is -0.720. The van der Waals surface area contributed by atoms with Crippen LogP contribution in [0.3, 0.4) is 0 Å². The molecule has 2 aliphatic carbocycles. The van der Waals surface area contributed by atoms with E-state index in [0.29, 0.717) is 0 Å². The summed E-state index contributed by atoms with van der Waals surface area (Å²) in [6.07, 6.45) is 19.1. The van der Waals surface area contributed by atoms with E-state index in [0.717, 1.165) is 5.92 Å². The van der Waals surface area contributed by atoms with Crippen molar-refractivity contribution >= 4 is 0 Å². The Labute approximate surface area is 112 Å². The van der Waals surface area contributed by atoms with Crippen molar-refractivity contribution in [2.45, 2.75) is 77.0 Å². The molecule has 1 fully saturated rings. The molecule has 3 aliphatic rings. The van der Waals surface area contributed by atoms with Gasteiger partial charge in [0.05, 0.1) is 0 Å². The largest absolute Gasteiger partial charge is 0.257 e. The zero-order valence-electron chi connectivity index (χ0n) is 11.6. The van der Waals surface area contributed by atoms with Crippen LogP contribution in [0.25, 0.3) is 0 Å². The van der Waals surface area contributed by atoms with Gasteiger partial charge >= 0.3 is 0 Å². The Morgan fingerprint density at radius 1 is 0.778 bits per heavy atom. The second kappa shape index (κ2) is 5.95. The summed E-state index contributed by atoms with van der Waals surface area (Å²) in [6, 6.07) is 0. The summed E-state index contributed by atoms with van der Waals surface area (Å²) in [7, 11) is 0. The van der Waals surface area contributed by atoms with Crippen molar-refractivity contribution in [2.75, 3.05) is 0 Å². The highest BCUT2D eigenvalue weighted by molar-refractivity contribution is 5.38. The molecule has 0 unspecified atom stereocenters. The van der Waals surface area contributed by atoms with Gasteiger partial charge in [0.25, 0.3) is 0 Å². The number of hydrogen-bond acceptors (Lipinski definition) is 0. The van der Waals surface area contributed by atoms with Gasteiger partial charge in [0.15, 0.2) is 0 Å². The van der Waals surface area contributed by atoms with Crippen LogP contribution in [0.5, 0.6) is 0 Å². The lowest BCUT2D eigenvalue weighted by atomic mass is 9.93. The molecule has 1 heteroatoms. The lowest BCUT2D eigenvalue weighted by Gasteiger charge is -2.18. The third kappa shape index (κ3) is 2.81. The van der Waals surface area contributed by atoms with Gasteiger partial charge in [-0.05, 0) is 50.2 Å². The monoisotopic (exact) mass is 244 g/mol. The minimum Gasteiger partial charge on any atom is -0.257 e. The maximum atomic E-state index is 4.98. The Morgan fingerprint density at radius 2 is 1.44 bits per heavy atom. The molecule has 18 heavy (non-hydrogen) atoms. The van der Waals surface area contributed by atoms with Crippen molar-refractivity contribution in [3.63, 3.8) is 0 Å². The molecule has 1 radical (unpaired) electrons. The molecule has 0 aromatic rings. The SMILES string of the molecule is C1=C(C2CCCCCCCC2)[N]C2=C1CCCC2. The molecule has 0 atom stereocenters. The summed E-state index contributed by atoms with van der Waals surface area (Å²) in [5, 5.41) is 4.98. The predicted octanol–water partition coefficient (Wildman–Crippen LogP) is 5.07. The average molecular weight is 244 g/mol. The molecular weight excluding hydrogens is 218 g/mol. The van der Waals surface area contributed by atoms with Gasteiger partial charge in [0.1, 0.15) is 0 Å². The van der Waals surface area contributed by atoms with Gasteiger partial charge in [-0.2, -0.15) is 0 Å². The molecule has 0 N–H and O–H groups in total. The Morgan fingerprint density at radius 3 is 2.17 bits per heavy atom. The summed E-state index contributed by atoms with van der Waals surface area (Å²) in [5.74, 6) is 0.772. The molecule has 0 aromatic heterocycles. The molecule has 0 bridgehead atoms. The molecule has 1 aliphatic heterocycles. The Bertz CT molecular complexity index is 341. The molecule has 0 aromatic carbocycles. The fraction of sp³-hybridized carbons (Fsp3) is 0.765. The van der Waals surface area contributed by atoms with E-state index in [4.69, 9.17) is 5.32 Å². The molecule has 0 saturated heterocycles.